The molecule has 0 aliphatic heterocycles. The molecule has 0 aromatic heterocycles. The molecule has 0 saturated carbocycles. The van der Waals surface area contributed by atoms with Crippen LogP contribution in [0.25, 0.3) is 10.8 Å². The average Bonchev–Trinajstić information content (AvgIpc) is 2.30. The summed E-state index contributed by atoms with van der Waals surface area (Å²) >= 11 is 0. The zero-order valence-corrected chi connectivity index (χ0v) is 9.56. The van der Waals surface area contributed by atoms with Gasteiger partial charge in [0.2, 0.25) is 0 Å². The van der Waals surface area contributed by atoms with E-state index in [4.69, 9.17) is 5.21 Å². The second-order valence-corrected chi connectivity index (χ2v) is 3.52. The molecule has 0 aliphatic carbocycles. The SMILES string of the molecule is C=C[C@H]([NH2+]O)c1ccc2ccccc2c1.[Cl-]. The largest absolute Gasteiger partial charge is 1.00 e. The molecule has 1 atom stereocenters. The van der Waals surface area contributed by atoms with Gasteiger partial charge in [0.15, 0.2) is 6.04 Å². The van der Waals surface area contributed by atoms with Gasteiger partial charge in [-0.25, -0.2) is 5.21 Å². The topological polar surface area (TPSA) is 36.8 Å². The van der Waals surface area contributed by atoms with E-state index < -0.39 is 0 Å². The third kappa shape index (κ3) is 2.42. The summed E-state index contributed by atoms with van der Waals surface area (Å²) < 4.78 is 0. The van der Waals surface area contributed by atoms with Crippen molar-refractivity contribution in [2.45, 2.75) is 6.04 Å². The van der Waals surface area contributed by atoms with Gasteiger partial charge in [0.25, 0.3) is 0 Å². The second kappa shape index (κ2) is 5.66. The first-order valence-electron chi connectivity index (χ1n) is 4.94. The van der Waals surface area contributed by atoms with Crippen molar-refractivity contribution >= 4 is 10.8 Å². The predicted octanol–water partition coefficient (Wildman–Crippen LogP) is -0.976. The third-order valence-electron chi connectivity index (χ3n) is 2.57. The minimum Gasteiger partial charge on any atom is -1.00 e. The molecule has 84 valence electrons. The van der Waals surface area contributed by atoms with E-state index in [9.17, 15) is 0 Å². The predicted molar refractivity (Wildman–Crippen MR) is 60.6 cm³/mol. The van der Waals surface area contributed by atoms with Crippen LogP contribution >= 0.6 is 0 Å². The first-order chi connectivity index (χ1) is 7.35. The summed E-state index contributed by atoms with van der Waals surface area (Å²) in [5, 5.41) is 11.4. The van der Waals surface area contributed by atoms with Crippen molar-refractivity contribution in [1.82, 2.24) is 0 Å². The monoisotopic (exact) mass is 235 g/mol. The highest BCUT2D eigenvalue weighted by molar-refractivity contribution is 5.83. The van der Waals surface area contributed by atoms with E-state index >= 15 is 0 Å². The molecule has 3 N–H and O–H groups in total. The molecule has 3 heteroatoms. The van der Waals surface area contributed by atoms with Crippen LogP contribution in [0.1, 0.15) is 11.6 Å². The van der Waals surface area contributed by atoms with Gasteiger partial charge >= 0.3 is 0 Å². The molecular formula is C13H14ClNO. The van der Waals surface area contributed by atoms with Gasteiger partial charge in [0, 0.05) is 5.56 Å². The average molecular weight is 236 g/mol. The standard InChI is InChI=1S/C13H13NO.ClH/c1-2-13(14-15)12-8-7-10-5-3-4-6-11(10)9-12;/h2-9,13-15H,1H2;1H/t13-;/m0./s1. The van der Waals surface area contributed by atoms with Crippen LogP contribution in [0.2, 0.25) is 0 Å². The van der Waals surface area contributed by atoms with Crippen molar-refractivity contribution in [3.63, 3.8) is 0 Å². The molecular weight excluding hydrogens is 222 g/mol. The molecule has 0 aliphatic rings. The third-order valence-corrected chi connectivity index (χ3v) is 2.57. The highest BCUT2D eigenvalue weighted by Crippen LogP contribution is 2.18. The van der Waals surface area contributed by atoms with Crippen molar-refractivity contribution in [2.75, 3.05) is 0 Å². The number of hydrogen-bond acceptors (Lipinski definition) is 1. The van der Waals surface area contributed by atoms with E-state index in [-0.39, 0.29) is 18.4 Å². The minimum atomic E-state index is -0.0883. The molecule has 2 rings (SSSR count). The summed E-state index contributed by atoms with van der Waals surface area (Å²) in [6, 6.07) is 14.2. The van der Waals surface area contributed by atoms with Crippen molar-refractivity contribution in [3.05, 3.63) is 60.7 Å². The van der Waals surface area contributed by atoms with Gasteiger partial charge in [-0.05, 0) is 22.9 Å². The highest BCUT2D eigenvalue weighted by atomic mass is 35.5. The Morgan fingerprint density at radius 3 is 2.44 bits per heavy atom. The maximum absolute atomic E-state index is 9.06. The fourth-order valence-electron chi connectivity index (χ4n) is 1.70. The minimum absolute atomic E-state index is 0. The van der Waals surface area contributed by atoms with Crippen molar-refractivity contribution in [1.29, 1.82) is 0 Å². The Bertz CT molecular complexity index is 484. The number of halogens is 1. The van der Waals surface area contributed by atoms with Crippen LogP contribution in [0.3, 0.4) is 0 Å². The Kier molecular flexibility index (Phi) is 4.50. The number of benzene rings is 2. The molecule has 0 heterocycles. The lowest BCUT2D eigenvalue weighted by Gasteiger charge is -2.07. The molecule has 0 amide bonds. The van der Waals surface area contributed by atoms with Gasteiger partial charge in [0.05, 0.1) is 0 Å². The molecule has 2 aromatic rings. The molecule has 0 fully saturated rings. The fraction of sp³-hybridized carbons (Fsp3) is 0.0769. The Morgan fingerprint density at radius 2 is 1.81 bits per heavy atom. The molecule has 0 radical (unpaired) electrons. The summed E-state index contributed by atoms with van der Waals surface area (Å²) in [6.07, 6.45) is 1.73. The van der Waals surface area contributed by atoms with E-state index in [1.165, 1.54) is 10.8 Å². The Labute approximate surface area is 101 Å². The lowest BCUT2D eigenvalue weighted by atomic mass is 10.0. The summed E-state index contributed by atoms with van der Waals surface area (Å²) in [4.78, 5) is 0. The van der Waals surface area contributed by atoms with E-state index in [0.29, 0.717) is 0 Å². The van der Waals surface area contributed by atoms with E-state index in [2.05, 4.69) is 30.8 Å². The van der Waals surface area contributed by atoms with Gasteiger partial charge in [-0.3, -0.25) is 0 Å². The number of nitrogens with two attached hydrogens (primary N) is 1. The van der Waals surface area contributed by atoms with Crippen LogP contribution in [0, 0.1) is 0 Å². The van der Waals surface area contributed by atoms with Gasteiger partial charge in [-0.2, -0.15) is 5.48 Å². The highest BCUT2D eigenvalue weighted by Gasteiger charge is 2.09. The summed E-state index contributed by atoms with van der Waals surface area (Å²) in [5.74, 6) is 0. The number of fused-ring (bicyclic) bond motifs is 1. The van der Waals surface area contributed by atoms with Gasteiger partial charge in [-0.15, -0.1) is 0 Å². The first-order valence-corrected chi connectivity index (χ1v) is 4.94. The Morgan fingerprint density at radius 1 is 1.12 bits per heavy atom. The Hall–Kier alpha value is -1.35. The normalized spacial score (nSPS) is 11.8. The molecule has 0 saturated heterocycles. The molecule has 2 nitrogen and oxygen atoms in total. The quantitative estimate of drug-likeness (QED) is 0.521. The zero-order valence-electron chi connectivity index (χ0n) is 8.81. The number of hydroxylamine groups is 1. The molecule has 0 spiro atoms. The van der Waals surface area contributed by atoms with Gasteiger partial charge in [0.1, 0.15) is 0 Å². The number of hydrogen-bond donors (Lipinski definition) is 2. The lowest BCUT2D eigenvalue weighted by molar-refractivity contribution is -0.909. The van der Waals surface area contributed by atoms with E-state index in [1.807, 2.05) is 18.2 Å². The van der Waals surface area contributed by atoms with Gasteiger partial charge < -0.3 is 12.4 Å². The summed E-state index contributed by atoms with van der Waals surface area (Å²) in [5.41, 5.74) is 2.23. The van der Waals surface area contributed by atoms with E-state index in [1.54, 1.807) is 6.08 Å². The van der Waals surface area contributed by atoms with Gasteiger partial charge in [-0.1, -0.05) is 43.0 Å². The van der Waals surface area contributed by atoms with Crippen LogP contribution < -0.4 is 17.9 Å². The smallest absolute Gasteiger partial charge is 0.159 e. The molecule has 0 bridgehead atoms. The lowest BCUT2D eigenvalue weighted by Crippen LogP contribution is -3.00. The van der Waals surface area contributed by atoms with Crippen LogP contribution in [0.4, 0.5) is 0 Å². The second-order valence-electron chi connectivity index (χ2n) is 3.52. The molecule has 2 aromatic carbocycles. The van der Waals surface area contributed by atoms with Crippen LogP contribution in [0.15, 0.2) is 55.1 Å². The summed E-state index contributed by atoms with van der Waals surface area (Å²) in [6.45, 7) is 3.70. The van der Waals surface area contributed by atoms with Crippen molar-refractivity contribution in [2.24, 2.45) is 0 Å². The maximum Gasteiger partial charge on any atom is 0.159 e. The Balaban J connectivity index is 0.00000128. The van der Waals surface area contributed by atoms with Crippen LogP contribution in [-0.4, -0.2) is 5.21 Å². The number of rotatable bonds is 3. The maximum atomic E-state index is 9.06. The van der Waals surface area contributed by atoms with Crippen LogP contribution in [-0.2, 0) is 0 Å². The fourth-order valence-corrected chi connectivity index (χ4v) is 1.70. The first kappa shape index (κ1) is 12.7. The van der Waals surface area contributed by atoms with Crippen LogP contribution in [0.5, 0.6) is 0 Å². The summed E-state index contributed by atoms with van der Waals surface area (Å²) in [7, 11) is 0. The van der Waals surface area contributed by atoms with Crippen molar-refractivity contribution < 1.29 is 23.1 Å². The molecule has 16 heavy (non-hydrogen) atoms. The molecule has 0 unspecified atom stereocenters. The number of quaternary nitrogens is 1. The van der Waals surface area contributed by atoms with Crippen molar-refractivity contribution in [3.8, 4) is 0 Å². The van der Waals surface area contributed by atoms with E-state index in [0.717, 1.165) is 11.0 Å². The zero-order chi connectivity index (χ0) is 10.7.